The highest BCUT2D eigenvalue weighted by molar-refractivity contribution is 5.96. The number of halogens is 1. The summed E-state index contributed by atoms with van der Waals surface area (Å²) in [7, 11) is 0. The summed E-state index contributed by atoms with van der Waals surface area (Å²) in [4.78, 5) is 9.19. The van der Waals surface area contributed by atoms with Gasteiger partial charge >= 0.3 is 0 Å². The van der Waals surface area contributed by atoms with E-state index in [-0.39, 0.29) is 18.2 Å². The third-order valence-corrected chi connectivity index (χ3v) is 5.99. The van der Waals surface area contributed by atoms with Crippen molar-refractivity contribution >= 4 is 11.6 Å². The van der Waals surface area contributed by atoms with Crippen molar-refractivity contribution in [3.05, 3.63) is 84.2 Å². The fraction of sp³-hybridized carbons (Fsp3) is 0.296. The molecular formula is C27H31FN4O2. The van der Waals surface area contributed by atoms with Crippen molar-refractivity contribution in [2.45, 2.75) is 6.42 Å². The molecule has 0 unspecified atom stereocenters. The van der Waals surface area contributed by atoms with Gasteiger partial charge in [-0.2, -0.15) is 0 Å². The largest absolute Gasteiger partial charge is 0.506 e. The van der Waals surface area contributed by atoms with Crippen molar-refractivity contribution in [1.82, 2.24) is 9.80 Å². The molecule has 0 saturated carbocycles. The summed E-state index contributed by atoms with van der Waals surface area (Å²) >= 11 is 0. The monoisotopic (exact) mass is 462 g/mol. The minimum absolute atomic E-state index is 0.146. The molecular weight excluding hydrogens is 431 g/mol. The Morgan fingerprint density at radius 3 is 2.44 bits per heavy atom. The molecule has 3 aromatic carbocycles. The number of aromatic hydroxyl groups is 1. The molecule has 6 nitrogen and oxygen atoms in total. The summed E-state index contributed by atoms with van der Waals surface area (Å²) < 4.78 is 13.5. The van der Waals surface area contributed by atoms with Gasteiger partial charge in [-0.15, -0.1) is 0 Å². The molecule has 0 amide bonds. The van der Waals surface area contributed by atoms with Crippen LogP contribution in [0.2, 0.25) is 0 Å². The molecule has 3 N–H and O–H groups in total. The number of aliphatic imine (C=N–C) groups is 1. The van der Waals surface area contributed by atoms with Gasteiger partial charge in [0, 0.05) is 39.3 Å². The fourth-order valence-electron chi connectivity index (χ4n) is 4.09. The van der Waals surface area contributed by atoms with E-state index in [4.69, 9.17) is 4.99 Å². The SMILES string of the molecule is OCCN1CCN(C(=NCCc2cccc(F)c2)Nc2cc(-c3ccccc3)ccc2O)CC1. The Morgan fingerprint density at radius 1 is 0.912 bits per heavy atom. The van der Waals surface area contributed by atoms with Crippen LogP contribution in [0.5, 0.6) is 5.75 Å². The Morgan fingerprint density at radius 2 is 1.71 bits per heavy atom. The first-order valence-electron chi connectivity index (χ1n) is 11.6. The van der Waals surface area contributed by atoms with Crippen LogP contribution >= 0.6 is 0 Å². The van der Waals surface area contributed by atoms with Gasteiger partial charge in [0.05, 0.1) is 12.3 Å². The molecule has 0 aromatic heterocycles. The van der Waals surface area contributed by atoms with Crippen molar-refractivity contribution in [3.63, 3.8) is 0 Å². The number of nitrogens with zero attached hydrogens (tertiary/aromatic N) is 3. The van der Waals surface area contributed by atoms with Crippen LogP contribution in [0.3, 0.4) is 0 Å². The highest BCUT2D eigenvalue weighted by Crippen LogP contribution is 2.30. The number of aliphatic hydroxyl groups excluding tert-OH is 1. The van der Waals surface area contributed by atoms with E-state index >= 15 is 0 Å². The number of guanidine groups is 1. The molecule has 34 heavy (non-hydrogen) atoms. The minimum atomic E-state index is -0.248. The van der Waals surface area contributed by atoms with Gasteiger partial charge in [-0.1, -0.05) is 48.5 Å². The van der Waals surface area contributed by atoms with Crippen molar-refractivity contribution in [2.24, 2.45) is 4.99 Å². The summed E-state index contributed by atoms with van der Waals surface area (Å²) in [6.07, 6.45) is 0.615. The molecule has 0 aliphatic carbocycles. The molecule has 0 spiro atoms. The molecule has 4 rings (SSSR count). The summed E-state index contributed by atoms with van der Waals surface area (Å²) in [5, 5.41) is 23.2. The van der Waals surface area contributed by atoms with Gasteiger partial charge in [0.25, 0.3) is 0 Å². The van der Waals surface area contributed by atoms with Crippen LogP contribution in [-0.4, -0.2) is 71.8 Å². The first-order chi connectivity index (χ1) is 16.6. The predicted octanol–water partition coefficient (Wildman–Crippen LogP) is 3.82. The number of phenols is 1. The average molecular weight is 463 g/mol. The maximum absolute atomic E-state index is 13.5. The second-order valence-electron chi connectivity index (χ2n) is 8.36. The first-order valence-corrected chi connectivity index (χ1v) is 11.6. The maximum Gasteiger partial charge on any atom is 0.198 e. The number of β-amino-alcohol motifs (C(OH)–C–C–N with tert-alkyl or cyclic N) is 1. The van der Waals surface area contributed by atoms with Gasteiger partial charge in [-0.05, 0) is 47.4 Å². The van der Waals surface area contributed by atoms with Crippen molar-refractivity contribution < 1.29 is 14.6 Å². The van der Waals surface area contributed by atoms with Gasteiger partial charge in [0.1, 0.15) is 11.6 Å². The lowest BCUT2D eigenvalue weighted by Gasteiger charge is -2.36. The number of hydrogen-bond acceptors (Lipinski definition) is 4. The number of anilines is 1. The molecule has 3 aromatic rings. The Hall–Kier alpha value is -3.42. The molecule has 0 radical (unpaired) electrons. The number of aliphatic hydroxyl groups is 1. The highest BCUT2D eigenvalue weighted by Gasteiger charge is 2.20. The smallest absolute Gasteiger partial charge is 0.198 e. The second kappa shape index (κ2) is 11.6. The quantitative estimate of drug-likeness (QED) is 0.283. The molecule has 0 atom stereocenters. The zero-order valence-electron chi connectivity index (χ0n) is 19.2. The number of benzene rings is 3. The van der Waals surface area contributed by atoms with Crippen LogP contribution < -0.4 is 5.32 Å². The first kappa shape index (κ1) is 23.7. The van der Waals surface area contributed by atoms with Crippen LogP contribution in [0, 0.1) is 5.82 Å². The normalized spacial score (nSPS) is 14.9. The Balaban J connectivity index is 1.54. The number of piperazine rings is 1. The number of nitrogens with one attached hydrogen (secondary N) is 1. The van der Waals surface area contributed by atoms with E-state index in [9.17, 15) is 14.6 Å². The minimum Gasteiger partial charge on any atom is -0.506 e. The number of hydrogen-bond donors (Lipinski definition) is 3. The standard InChI is InChI=1S/C27H31FN4O2/c28-24-8-4-5-21(19-24)11-12-29-27(32-15-13-31(14-16-32)17-18-33)30-25-20-23(9-10-26(25)34)22-6-2-1-3-7-22/h1-10,19-20,33-34H,11-18H2,(H,29,30). The van der Waals surface area contributed by atoms with Crippen molar-refractivity contribution in [3.8, 4) is 16.9 Å². The van der Waals surface area contributed by atoms with Gasteiger partial charge in [-0.25, -0.2) is 4.39 Å². The molecule has 0 bridgehead atoms. The van der Waals surface area contributed by atoms with E-state index in [0.29, 0.717) is 31.2 Å². The maximum atomic E-state index is 13.5. The molecule has 1 heterocycles. The van der Waals surface area contributed by atoms with Crippen LogP contribution in [-0.2, 0) is 6.42 Å². The summed E-state index contributed by atoms with van der Waals surface area (Å²) in [6.45, 7) is 4.44. The van der Waals surface area contributed by atoms with Gasteiger partial charge in [0.15, 0.2) is 5.96 Å². The molecule has 1 saturated heterocycles. The highest BCUT2D eigenvalue weighted by atomic mass is 19.1. The predicted molar refractivity (Wildman–Crippen MR) is 135 cm³/mol. The summed E-state index contributed by atoms with van der Waals surface area (Å²) in [6, 6.07) is 22.1. The topological polar surface area (TPSA) is 71.3 Å². The van der Waals surface area contributed by atoms with Crippen LogP contribution in [0.25, 0.3) is 11.1 Å². The van der Waals surface area contributed by atoms with E-state index in [0.717, 1.165) is 42.9 Å². The van der Waals surface area contributed by atoms with Gasteiger partial charge < -0.3 is 20.4 Å². The zero-order chi connectivity index (χ0) is 23.8. The van der Waals surface area contributed by atoms with Crippen molar-refractivity contribution in [1.29, 1.82) is 0 Å². The summed E-state index contributed by atoms with van der Waals surface area (Å²) in [5.74, 6) is 0.583. The lowest BCUT2D eigenvalue weighted by Crippen LogP contribution is -2.51. The van der Waals surface area contributed by atoms with E-state index in [2.05, 4.69) is 15.1 Å². The van der Waals surface area contributed by atoms with E-state index in [1.54, 1.807) is 12.1 Å². The molecule has 1 fully saturated rings. The Kier molecular flexibility index (Phi) is 8.12. The number of rotatable bonds is 7. The third-order valence-electron chi connectivity index (χ3n) is 5.99. The third kappa shape index (κ3) is 6.34. The van der Waals surface area contributed by atoms with Gasteiger partial charge in [0.2, 0.25) is 0 Å². The molecule has 178 valence electrons. The van der Waals surface area contributed by atoms with Crippen LogP contribution in [0.1, 0.15) is 5.56 Å². The number of phenolic OH excluding ortho intramolecular Hbond substituents is 1. The summed E-state index contributed by atoms with van der Waals surface area (Å²) in [5.41, 5.74) is 3.54. The lowest BCUT2D eigenvalue weighted by molar-refractivity contribution is 0.147. The Labute approximate surface area is 200 Å². The second-order valence-corrected chi connectivity index (χ2v) is 8.36. The Bertz CT molecular complexity index is 1100. The fourth-order valence-corrected chi connectivity index (χ4v) is 4.09. The van der Waals surface area contributed by atoms with Crippen LogP contribution in [0.15, 0.2) is 77.8 Å². The molecule has 7 heteroatoms. The molecule has 1 aliphatic rings. The van der Waals surface area contributed by atoms with E-state index in [1.165, 1.54) is 12.1 Å². The van der Waals surface area contributed by atoms with Gasteiger partial charge in [-0.3, -0.25) is 9.89 Å². The van der Waals surface area contributed by atoms with Crippen LogP contribution in [0.4, 0.5) is 10.1 Å². The average Bonchev–Trinajstić information content (AvgIpc) is 2.86. The van der Waals surface area contributed by atoms with Crippen molar-refractivity contribution in [2.75, 3.05) is 51.2 Å². The lowest BCUT2D eigenvalue weighted by atomic mass is 10.0. The van der Waals surface area contributed by atoms with E-state index in [1.807, 2.05) is 48.5 Å². The molecule has 1 aliphatic heterocycles. The zero-order valence-corrected chi connectivity index (χ0v) is 19.2. The van der Waals surface area contributed by atoms with E-state index < -0.39 is 0 Å².